The number of fused-ring (bicyclic) bond motifs is 16. The lowest BCUT2D eigenvalue weighted by molar-refractivity contribution is 0.660. The van der Waals surface area contributed by atoms with Crippen molar-refractivity contribution in [1.82, 2.24) is 0 Å². The van der Waals surface area contributed by atoms with Crippen molar-refractivity contribution in [3.8, 4) is 44.5 Å². The van der Waals surface area contributed by atoms with E-state index >= 15 is 0 Å². The standard InChI is InChI=1S/C58H39NO/c1-57(2)49-23-10-6-19-41(49)45-32-39(27-29-50(45)57)59(38-18-14-17-37(31-38)36-15-4-3-5-16-36)40-28-30-53-46(33-40)42-20-7-11-24-51(42)58(53)52-25-12-8-21-43(52)47-34-48-44-22-9-13-26-55(44)60-56(48)35-54(47)58/h3-35H,1-2H3. The van der Waals surface area contributed by atoms with E-state index in [0.717, 1.165) is 39.0 Å². The van der Waals surface area contributed by atoms with Gasteiger partial charge in [0.25, 0.3) is 0 Å². The quantitative estimate of drug-likeness (QED) is 0.177. The van der Waals surface area contributed by atoms with Crippen molar-refractivity contribution in [3.63, 3.8) is 0 Å². The molecule has 0 aliphatic heterocycles. The summed E-state index contributed by atoms with van der Waals surface area (Å²) < 4.78 is 6.61. The molecule has 0 saturated carbocycles. The zero-order chi connectivity index (χ0) is 39.7. The molecule has 1 atom stereocenters. The molecule has 0 bridgehead atoms. The molecule has 3 aliphatic carbocycles. The number of furan rings is 1. The lowest BCUT2D eigenvalue weighted by Gasteiger charge is -2.31. The second-order valence-corrected chi connectivity index (χ2v) is 17.2. The normalized spacial score (nSPS) is 16.0. The third kappa shape index (κ3) is 4.38. The molecule has 0 saturated heterocycles. The molecule has 10 aromatic rings. The second kappa shape index (κ2) is 12.1. The summed E-state index contributed by atoms with van der Waals surface area (Å²) in [4.78, 5) is 2.46. The van der Waals surface area contributed by atoms with Crippen LogP contribution in [0.1, 0.15) is 47.2 Å². The Morgan fingerprint density at radius 2 is 0.850 bits per heavy atom. The van der Waals surface area contributed by atoms with Crippen molar-refractivity contribution in [3.05, 3.63) is 234 Å². The van der Waals surface area contributed by atoms with E-state index in [0.29, 0.717) is 0 Å². The molecule has 0 amide bonds. The lowest BCUT2D eigenvalue weighted by Crippen LogP contribution is -2.25. The Bertz CT molecular complexity index is 3420. The van der Waals surface area contributed by atoms with Gasteiger partial charge >= 0.3 is 0 Å². The van der Waals surface area contributed by atoms with Gasteiger partial charge in [-0.25, -0.2) is 0 Å². The summed E-state index contributed by atoms with van der Waals surface area (Å²) in [6.07, 6.45) is 0. The Labute approximate surface area is 349 Å². The van der Waals surface area contributed by atoms with Gasteiger partial charge in [0.1, 0.15) is 11.2 Å². The summed E-state index contributed by atoms with van der Waals surface area (Å²) in [6, 6.07) is 74.2. The highest BCUT2D eigenvalue weighted by atomic mass is 16.3. The van der Waals surface area contributed by atoms with Gasteiger partial charge in [-0.15, -0.1) is 0 Å². The Hall–Kier alpha value is -7.42. The molecular weight excluding hydrogens is 727 g/mol. The largest absolute Gasteiger partial charge is 0.456 e. The average Bonchev–Trinajstić information content (AvgIpc) is 3.98. The van der Waals surface area contributed by atoms with Crippen LogP contribution in [0.4, 0.5) is 17.1 Å². The van der Waals surface area contributed by atoms with Crippen LogP contribution in [0.3, 0.4) is 0 Å². The Morgan fingerprint density at radius 3 is 1.58 bits per heavy atom. The fourth-order valence-corrected chi connectivity index (χ4v) is 11.2. The van der Waals surface area contributed by atoms with E-state index in [9.17, 15) is 0 Å². The van der Waals surface area contributed by atoms with E-state index in [-0.39, 0.29) is 5.41 Å². The molecule has 282 valence electrons. The van der Waals surface area contributed by atoms with E-state index < -0.39 is 5.41 Å². The van der Waals surface area contributed by atoms with E-state index in [1.165, 1.54) is 77.9 Å². The number of hydrogen-bond acceptors (Lipinski definition) is 2. The maximum absolute atomic E-state index is 6.61. The topological polar surface area (TPSA) is 16.4 Å². The van der Waals surface area contributed by atoms with Gasteiger partial charge in [-0.3, -0.25) is 0 Å². The first-order chi connectivity index (χ1) is 29.5. The molecule has 1 aromatic heterocycles. The average molecular weight is 766 g/mol. The van der Waals surface area contributed by atoms with Gasteiger partial charge in [-0.2, -0.15) is 0 Å². The summed E-state index contributed by atoms with van der Waals surface area (Å²) in [5.41, 5.74) is 22.7. The summed E-state index contributed by atoms with van der Waals surface area (Å²) >= 11 is 0. The summed E-state index contributed by atoms with van der Waals surface area (Å²) in [5, 5.41) is 2.31. The maximum Gasteiger partial charge on any atom is 0.135 e. The third-order valence-corrected chi connectivity index (χ3v) is 13.9. The molecule has 3 aliphatic rings. The van der Waals surface area contributed by atoms with E-state index in [4.69, 9.17) is 4.42 Å². The van der Waals surface area contributed by atoms with Gasteiger partial charge in [0.15, 0.2) is 0 Å². The minimum absolute atomic E-state index is 0.0735. The molecule has 60 heavy (non-hydrogen) atoms. The van der Waals surface area contributed by atoms with E-state index in [1.54, 1.807) is 0 Å². The first-order valence-corrected chi connectivity index (χ1v) is 21.0. The van der Waals surface area contributed by atoms with Crippen LogP contribution in [-0.2, 0) is 10.8 Å². The molecule has 1 heterocycles. The molecule has 0 fully saturated rings. The van der Waals surface area contributed by atoms with Crippen LogP contribution in [-0.4, -0.2) is 0 Å². The van der Waals surface area contributed by atoms with Gasteiger partial charge < -0.3 is 9.32 Å². The van der Waals surface area contributed by atoms with Crippen LogP contribution in [0.2, 0.25) is 0 Å². The smallest absolute Gasteiger partial charge is 0.135 e. The van der Waals surface area contributed by atoms with Crippen LogP contribution < -0.4 is 4.90 Å². The van der Waals surface area contributed by atoms with Gasteiger partial charge in [-0.1, -0.05) is 159 Å². The van der Waals surface area contributed by atoms with Crippen LogP contribution in [0, 0.1) is 0 Å². The number of anilines is 3. The van der Waals surface area contributed by atoms with Crippen LogP contribution in [0.5, 0.6) is 0 Å². The van der Waals surface area contributed by atoms with Crippen molar-refractivity contribution in [2.45, 2.75) is 24.7 Å². The second-order valence-electron chi connectivity index (χ2n) is 17.2. The molecule has 2 nitrogen and oxygen atoms in total. The Kier molecular flexibility index (Phi) is 6.74. The summed E-state index contributed by atoms with van der Waals surface area (Å²) in [6.45, 7) is 4.70. The van der Waals surface area contributed by atoms with Crippen LogP contribution in [0.25, 0.3) is 66.4 Å². The summed E-state index contributed by atoms with van der Waals surface area (Å²) in [5.74, 6) is 0. The maximum atomic E-state index is 6.61. The zero-order valence-corrected chi connectivity index (χ0v) is 33.4. The highest BCUT2D eigenvalue weighted by Gasteiger charge is 2.52. The van der Waals surface area contributed by atoms with Crippen molar-refractivity contribution >= 4 is 39.0 Å². The summed E-state index contributed by atoms with van der Waals surface area (Å²) in [7, 11) is 0. The van der Waals surface area contributed by atoms with Gasteiger partial charge in [0.05, 0.1) is 5.41 Å². The third-order valence-electron chi connectivity index (χ3n) is 13.9. The van der Waals surface area contributed by atoms with E-state index in [1.807, 2.05) is 0 Å². The lowest BCUT2D eigenvalue weighted by atomic mass is 9.70. The molecular formula is C58H39NO. The first-order valence-electron chi connectivity index (χ1n) is 21.0. The highest BCUT2D eigenvalue weighted by molar-refractivity contribution is 6.09. The SMILES string of the molecule is CC1(C)c2ccccc2-c2cc(N(c3cccc(-c4ccccc4)c3)c3ccc4c(c3)-c3ccccc3C43c4ccccc4-c4cc5c(cc43)oc3ccccc35)ccc21. The molecule has 2 heteroatoms. The van der Waals surface area contributed by atoms with Crippen LogP contribution in [0.15, 0.2) is 205 Å². The predicted molar refractivity (Wildman–Crippen MR) is 248 cm³/mol. The fraction of sp³-hybridized carbons (Fsp3) is 0.0690. The minimum Gasteiger partial charge on any atom is -0.456 e. The Morgan fingerprint density at radius 1 is 0.333 bits per heavy atom. The molecule has 1 spiro atoms. The monoisotopic (exact) mass is 765 g/mol. The van der Waals surface area contributed by atoms with Crippen molar-refractivity contribution in [2.24, 2.45) is 0 Å². The van der Waals surface area contributed by atoms with Gasteiger partial charge in [0.2, 0.25) is 0 Å². The Balaban J connectivity index is 1.06. The highest BCUT2D eigenvalue weighted by Crippen LogP contribution is 2.64. The fourth-order valence-electron chi connectivity index (χ4n) is 11.2. The van der Waals surface area contributed by atoms with Gasteiger partial charge in [0, 0.05) is 33.2 Å². The zero-order valence-electron chi connectivity index (χ0n) is 33.4. The number of nitrogens with zero attached hydrogens (tertiary/aromatic N) is 1. The molecule has 1 unspecified atom stereocenters. The van der Waals surface area contributed by atoms with Gasteiger partial charge in [-0.05, 0) is 132 Å². The number of benzene rings is 9. The molecule has 0 N–H and O–H groups in total. The first kappa shape index (κ1) is 33.5. The van der Waals surface area contributed by atoms with E-state index in [2.05, 4.69) is 219 Å². The number of hydrogen-bond donors (Lipinski definition) is 0. The number of para-hydroxylation sites is 1. The number of rotatable bonds is 4. The van der Waals surface area contributed by atoms with Crippen molar-refractivity contribution < 1.29 is 4.42 Å². The molecule has 13 rings (SSSR count). The van der Waals surface area contributed by atoms with Crippen molar-refractivity contribution in [1.29, 1.82) is 0 Å². The van der Waals surface area contributed by atoms with Crippen molar-refractivity contribution in [2.75, 3.05) is 4.90 Å². The minimum atomic E-state index is -0.496. The molecule has 0 radical (unpaired) electrons. The molecule has 9 aromatic carbocycles. The van der Waals surface area contributed by atoms with Crippen LogP contribution >= 0.6 is 0 Å². The predicted octanol–water partition coefficient (Wildman–Crippen LogP) is 15.4.